The van der Waals surface area contributed by atoms with Gasteiger partial charge in [-0.05, 0) is 24.8 Å². The van der Waals surface area contributed by atoms with Crippen LogP contribution in [0.25, 0.3) is 0 Å². The van der Waals surface area contributed by atoms with E-state index in [0.29, 0.717) is 12.8 Å². The molecule has 0 aromatic heterocycles. The van der Waals surface area contributed by atoms with Crippen LogP contribution < -0.4 is 0 Å². The fourth-order valence-electron chi connectivity index (χ4n) is 2.95. The molecule has 0 unspecified atom stereocenters. The molecule has 1 aromatic rings. The fraction of sp³-hybridized carbons (Fsp3) is 0.579. The quantitative estimate of drug-likeness (QED) is 0.771. The minimum atomic E-state index is 0.0723. The van der Waals surface area contributed by atoms with Gasteiger partial charge in [0.15, 0.2) is 5.78 Å². The SMILES string of the molecule is CCc1ccc(C(=O)CCC(=O)N2CCCCCCC2)cc1. The van der Waals surface area contributed by atoms with Gasteiger partial charge in [-0.15, -0.1) is 0 Å². The third-order valence-corrected chi connectivity index (χ3v) is 4.46. The lowest BCUT2D eigenvalue weighted by Gasteiger charge is -2.24. The highest BCUT2D eigenvalue weighted by Gasteiger charge is 2.16. The number of nitrogens with zero attached hydrogens (tertiary/aromatic N) is 1. The first-order valence-corrected chi connectivity index (χ1v) is 8.60. The van der Waals surface area contributed by atoms with Crippen molar-refractivity contribution < 1.29 is 9.59 Å². The Labute approximate surface area is 133 Å². The van der Waals surface area contributed by atoms with Crippen molar-refractivity contribution in [3.05, 3.63) is 35.4 Å². The average Bonchev–Trinajstić information content (AvgIpc) is 2.52. The highest BCUT2D eigenvalue weighted by Crippen LogP contribution is 2.13. The molecule has 1 aromatic carbocycles. The van der Waals surface area contributed by atoms with Crippen molar-refractivity contribution in [1.82, 2.24) is 4.90 Å². The molecule has 120 valence electrons. The van der Waals surface area contributed by atoms with Crippen LogP contribution in [0.1, 0.15) is 67.8 Å². The van der Waals surface area contributed by atoms with E-state index in [1.54, 1.807) is 0 Å². The molecule has 3 nitrogen and oxygen atoms in total. The number of Topliss-reactive ketones (excluding diaryl/α,β-unsaturated/α-hetero) is 1. The summed E-state index contributed by atoms with van der Waals surface area (Å²) >= 11 is 0. The predicted molar refractivity (Wildman–Crippen MR) is 89.0 cm³/mol. The van der Waals surface area contributed by atoms with Gasteiger partial charge in [-0.3, -0.25) is 9.59 Å². The first-order chi connectivity index (χ1) is 10.7. The fourth-order valence-corrected chi connectivity index (χ4v) is 2.95. The monoisotopic (exact) mass is 301 g/mol. The van der Waals surface area contributed by atoms with Crippen molar-refractivity contribution >= 4 is 11.7 Å². The van der Waals surface area contributed by atoms with Gasteiger partial charge in [0.25, 0.3) is 0 Å². The molecule has 1 heterocycles. The van der Waals surface area contributed by atoms with Gasteiger partial charge in [-0.25, -0.2) is 0 Å². The molecule has 0 atom stereocenters. The van der Waals surface area contributed by atoms with E-state index in [4.69, 9.17) is 0 Å². The maximum Gasteiger partial charge on any atom is 0.223 e. The van der Waals surface area contributed by atoms with Gasteiger partial charge in [-0.1, -0.05) is 50.5 Å². The van der Waals surface area contributed by atoms with Crippen molar-refractivity contribution in [1.29, 1.82) is 0 Å². The normalized spacial score (nSPS) is 16.0. The summed E-state index contributed by atoms with van der Waals surface area (Å²) in [7, 11) is 0. The number of rotatable bonds is 5. The molecule has 0 aliphatic carbocycles. The van der Waals surface area contributed by atoms with Crippen LogP contribution in [0.4, 0.5) is 0 Å². The van der Waals surface area contributed by atoms with Gasteiger partial charge in [-0.2, -0.15) is 0 Å². The van der Waals surface area contributed by atoms with Crippen molar-refractivity contribution in [2.24, 2.45) is 0 Å². The molecule has 1 aliphatic rings. The number of amides is 1. The number of hydrogen-bond donors (Lipinski definition) is 0. The van der Waals surface area contributed by atoms with Crippen molar-refractivity contribution in [2.45, 2.75) is 58.3 Å². The molecular weight excluding hydrogens is 274 g/mol. The Balaban J connectivity index is 1.82. The number of hydrogen-bond acceptors (Lipinski definition) is 2. The van der Waals surface area contributed by atoms with Gasteiger partial charge >= 0.3 is 0 Å². The van der Waals surface area contributed by atoms with Crippen LogP contribution in [0, 0.1) is 0 Å². The second-order valence-corrected chi connectivity index (χ2v) is 6.12. The number of carbonyl (C=O) groups excluding carboxylic acids is 2. The van der Waals surface area contributed by atoms with Crippen molar-refractivity contribution in [3.8, 4) is 0 Å². The average molecular weight is 301 g/mol. The smallest absolute Gasteiger partial charge is 0.223 e. The van der Waals surface area contributed by atoms with Gasteiger partial charge in [0.1, 0.15) is 0 Å². The molecule has 0 spiro atoms. The topological polar surface area (TPSA) is 37.4 Å². The highest BCUT2D eigenvalue weighted by molar-refractivity contribution is 5.97. The number of carbonyl (C=O) groups is 2. The van der Waals surface area contributed by atoms with Crippen LogP contribution in [0.5, 0.6) is 0 Å². The lowest BCUT2D eigenvalue weighted by atomic mass is 10.0. The zero-order chi connectivity index (χ0) is 15.8. The van der Waals surface area contributed by atoms with E-state index in [0.717, 1.165) is 37.9 Å². The predicted octanol–water partition coefficient (Wildman–Crippen LogP) is 4.00. The molecule has 22 heavy (non-hydrogen) atoms. The molecule has 0 N–H and O–H groups in total. The molecule has 0 radical (unpaired) electrons. The summed E-state index contributed by atoms with van der Waals surface area (Å²) in [6, 6.07) is 7.74. The Morgan fingerprint density at radius 1 is 0.909 bits per heavy atom. The summed E-state index contributed by atoms with van der Waals surface area (Å²) in [5.74, 6) is 0.212. The Morgan fingerprint density at radius 3 is 2.09 bits per heavy atom. The lowest BCUT2D eigenvalue weighted by Crippen LogP contribution is -2.33. The maximum atomic E-state index is 12.3. The van der Waals surface area contributed by atoms with E-state index < -0.39 is 0 Å². The minimum Gasteiger partial charge on any atom is -0.343 e. The standard InChI is InChI=1S/C19H27NO2/c1-2-16-8-10-17(11-9-16)18(21)12-13-19(22)20-14-6-4-3-5-7-15-20/h8-11H,2-7,12-15H2,1H3. The first kappa shape index (κ1) is 16.7. The van der Waals surface area contributed by atoms with Gasteiger partial charge in [0.05, 0.1) is 0 Å². The maximum absolute atomic E-state index is 12.3. The third kappa shape index (κ3) is 4.97. The largest absolute Gasteiger partial charge is 0.343 e. The summed E-state index contributed by atoms with van der Waals surface area (Å²) in [6.07, 6.45) is 7.54. The number of ketones is 1. The second kappa shape index (κ2) is 8.72. The van der Waals surface area contributed by atoms with Gasteiger partial charge in [0, 0.05) is 31.5 Å². The molecule has 3 heteroatoms. The highest BCUT2D eigenvalue weighted by atomic mass is 16.2. The molecule has 1 saturated heterocycles. The van der Waals surface area contributed by atoms with Crippen LogP contribution in [0.15, 0.2) is 24.3 Å². The summed E-state index contributed by atoms with van der Waals surface area (Å²) in [4.78, 5) is 26.4. The van der Waals surface area contributed by atoms with E-state index in [2.05, 4.69) is 6.92 Å². The van der Waals surface area contributed by atoms with Crippen LogP contribution in [-0.2, 0) is 11.2 Å². The van der Waals surface area contributed by atoms with Gasteiger partial charge in [0.2, 0.25) is 5.91 Å². The van der Waals surface area contributed by atoms with Crippen LogP contribution >= 0.6 is 0 Å². The van der Waals surface area contributed by atoms with Crippen molar-refractivity contribution in [2.75, 3.05) is 13.1 Å². The molecule has 1 fully saturated rings. The molecule has 0 saturated carbocycles. The first-order valence-electron chi connectivity index (χ1n) is 8.60. The second-order valence-electron chi connectivity index (χ2n) is 6.12. The molecule has 0 bridgehead atoms. The molecular formula is C19H27NO2. The minimum absolute atomic E-state index is 0.0723. The van der Waals surface area contributed by atoms with E-state index in [1.165, 1.54) is 24.8 Å². The number of likely N-dealkylation sites (tertiary alicyclic amines) is 1. The zero-order valence-electron chi connectivity index (χ0n) is 13.6. The van der Waals surface area contributed by atoms with Crippen LogP contribution in [0.3, 0.4) is 0 Å². The summed E-state index contributed by atoms with van der Waals surface area (Å²) in [6.45, 7) is 3.81. The Bertz CT molecular complexity index is 485. The number of benzene rings is 1. The van der Waals surface area contributed by atoms with E-state index in [9.17, 15) is 9.59 Å². The van der Waals surface area contributed by atoms with Crippen LogP contribution in [-0.4, -0.2) is 29.7 Å². The Morgan fingerprint density at radius 2 is 1.50 bits per heavy atom. The molecule has 2 rings (SSSR count). The van der Waals surface area contributed by atoms with E-state index in [-0.39, 0.29) is 11.7 Å². The molecule has 1 aliphatic heterocycles. The third-order valence-electron chi connectivity index (χ3n) is 4.46. The summed E-state index contributed by atoms with van der Waals surface area (Å²) in [5.41, 5.74) is 1.95. The van der Waals surface area contributed by atoms with E-state index in [1.807, 2.05) is 29.2 Å². The lowest BCUT2D eigenvalue weighted by molar-refractivity contribution is -0.131. The Kier molecular flexibility index (Phi) is 6.63. The summed E-state index contributed by atoms with van der Waals surface area (Å²) < 4.78 is 0. The zero-order valence-corrected chi connectivity index (χ0v) is 13.6. The molecule has 1 amide bonds. The van der Waals surface area contributed by atoms with E-state index >= 15 is 0 Å². The van der Waals surface area contributed by atoms with Crippen LogP contribution in [0.2, 0.25) is 0 Å². The Hall–Kier alpha value is -1.64. The number of aryl methyl sites for hydroxylation is 1. The van der Waals surface area contributed by atoms with Crippen molar-refractivity contribution in [3.63, 3.8) is 0 Å². The van der Waals surface area contributed by atoms with Gasteiger partial charge < -0.3 is 4.90 Å². The summed E-state index contributed by atoms with van der Waals surface area (Å²) in [5, 5.41) is 0.